The molecule has 1 aliphatic carbocycles. The van der Waals surface area contributed by atoms with Crippen molar-refractivity contribution in [3.8, 4) is 5.75 Å². The fourth-order valence-corrected chi connectivity index (χ4v) is 3.16. The molecule has 1 aromatic heterocycles. The molecule has 0 saturated heterocycles. The van der Waals surface area contributed by atoms with Crippen LogP contribution in [0.5, 0.6) is 5.75 Å². The smallest absolute Gasteiger partial charge is 0.146 e. The van der Waals surface area contributed by atoms with Gasteiger partial charge in [-0.25, -0.2) is 0 Å². The van der Waals surface area contributed by atoms with E-state index in [1.54, 1.807) is 0 Å². The molecule has 0 amide bonds. The van der Waals surface area contributed by atoms with E-state index >= 15 is 0 Å². The van der Waals surface area contributed by atoms with Crippen molar-refractivity contribution in [2.45, 2.75) is 58.2 Å². The molecular weight excluding hydrogens is 288 g/mol. The lowest BCUT2D eigenvalue weighted by molar-refractivity contribution is 0.112. The molecule has 0 radical (unpaired) electrons. The normalized spacial score (nSPS) is 21.3. The van der Waals surface area contributed by atoms with Gasteiger partial charge in [-0.1, -0.05) is 18.6 Å². The summed E-state index contributed by atoms with van der Waals surface area (Å²) in [7, 11) is 2.01. The third-order valence-electron chi connectivity index (χ3n) is 4.68. The van der Waals surface area contributed by atoms with Gasteiger partial charge in [-0.2, -0.15) is 0 Å². The molecule has 1 aliphatic rings. The first kappa shape index (κ1) is 16.0. The molecule has 1 N–H and O–H groups in total. The second-order valence-corrected chi connectivity index (χ2v) is 6.47. The number of aromatic nitrogens is 3. The van der Waals surface area contributed by atoms with Crippen molar-refractivity contribution in [2.75, 3.05) is 0 Å². The van der Waals surface area contributed by atoms with Crippen molar-refractivity contribution < 1.29 is 4.74 Å². The van der Waals surface area contributed by atoms with Crippen LogP contribution in [0.2, 0.25) is 0 Å². The number of nitrogens with zero attached hydrogens (tertiary/aromatic N) is 3. The molecule has 1 fully saturated rings. The molecule has 5 heteroatoms. The van der Waals surface area contributed by atoms with E-state index in [0.29, 0.717) is 6.04 Å². The molecule has 2 aromatic rings. The minimum Gasteiger partial charge on any atom is -0.489 e. The highest BCUT2D eigenvalue weighted by Crippen LogP contribution is 2.24. The summed E-state index contributed by atoms with van der Waals surface area (Å²) in [5, 5.41) is 12.0. The van der Waals surface area contributed by atoms with Gasteiger partial charge in [-0.3, -0.25) is 0 Å². The van der Waals surface area contributed by atoms with Gasteiger partial charge in [0.2, 0.25) is 0 Å². The Hall–Kier alpha value is -1.88. The molecule has 1 heterocycles. The van der Waals surface area contributed by atoms with E-state index in [-0.39, 0.29) is 6.10 Å². The summed E-state index contributed by atoms with van der Waals surface area (Å²) in [6.07, 6.45) is 4.96. The van der Waals surface area contributed by atoms with E-state index < -0.39 is 0 Å². The van der Waals surface area contributed by atoms with Gasteiger partial charge in [0.25, 0.3) is 0 Å². The Balaban J connectivity index is 1.63. The summed E-state index contributed by atoms with van der Waals surface area (Å²) in [5.74, 6) is 2.89. The Morgan fingerprint density at radius 2 is 2.04 bits per heavy atom. The lowest BCUT2D eigenvalue weighted by Gasteiger charge is -2.32. The quantitative estimate of drug-likeness (QED) is 0.922. The summed E-state index contributed by atoms with van der Waals surface area (Å²) in [6.45, 7) is 4.80. The number of nitrogens with one attached hydrogen (secondary N) is 1. The molecule has 124 valence electrons. The number of ether oxygens (including phenoxy) is 1. The zero-order valence-corrected chi connectivity index (χ0v) is 14.2. The first-order valence-corrected chi connectivity index (χ1v) is 8.45. The molecule has 0 unspecified atom stereocenters. The Morgan fingerprint density at radius 3 is 2.78 bits per heavy atom. The minimum atomic E-state index is 0.222. The van der Waals surface area contributed by atoms with Crippen molar-refractivity contribution in [3.05, 3.63) is 41.5 Å². The van der Waals surface area contributed by atoms with Gasteiger partial charge in [-0.15, -0.1) is 10.2 Å². The van der Waals surface area contributed by atoms with E-state index in [0.717, 1.165) is 36.8 Å². The van der Waals surface area contributed by atoms with Gasteiger partial charge >= 0.3 is 0 Å². The van der Waals surface area contributed by atoms with Gasteiger partial charge in [-0.05, 0) is 50.8 Å². The summed E-state index contributed by atoms with van der Waals surface area (Å²) in [6, 6.07) is 8.67. The van der Waals surface area contributed by atoms with Crippen molar-refractivity contribution in [1.29, 1.82) is 0 Å². The van der Waals surface area contributed by atoms with Gasteiger partial charge in [0.05, 0.1) is 6.54 Å². The van der Waals surface area contributed by atoms with Crippen LogP contribution in [0.25, 0.3) is 0 Å². The number of hydrogen-bond acceptors (Lipinski definition) is 4. The lowest BCUT2D eigenvalue weighted by atomic mass is 9.92. The molecule has 3 rings (SSSR count). The van der Waals surface area contributed by atoms with Crippen molar-refractivity contribution in [3.63, 3.8) is 0 Å². The lowest BCUT2D eigenvalue weighted by Crippen LogP contribution is -2.45. The fraction of sp³-hybridized carbons (Fsp3) is 0.556. The molecule has 0 bridgehead atoms. The predicted molar refractivity (Wildman–Crippen MR) is 90.4 cm³/mol. The molecule has 0 aliphatic heterocycles. The molecule has 5 nitrogen and oxygen atoms in total. The second-order valence-electron chi connectivity index (χ2n) is 6.47. The summed E-state index contributed by atoms with van der Waals surface area (Å²) < 4.78 is 8.30. The first-order chi connectivity index (χ1) is 11.1. The Morgan fingerprint density at radius 1 is 1.22 bits per heavy atom. The van der Waals surface area contributed by atoms with E-state index in [4.69, 9.17) is 4.74 Å². The average molecular weight is 314 g/mol. The summed E-state index contributed by atoms with van der Waals surface area (Å²) >= 11 is 0. The van der Waals surface area contributed by atoms with Crippen molar-refractivity contribution in [1.82, 2.24) is 20.1 Å². The van der Waals surface area contributed by atoms with Crippen molar-refractivity contribution in [2.24, 2.45) is 7.05 Å². The van der Waals surface area contributed by atoms with Crippen LogP contribution in [0, 0.1) is 13.8 Å². The topological polar surface area (TPSA) is 52.0 Å². The van der Waals surface area contributed by atoms with Crippen molar-refractivity contribution >= 4 is 0 Å². The van der Waals surface area contributed by atoms with Gasteiger partial charge < -0.3 is 14.6 Å². The second kappa shape index (κ2) is 7.13. The highest BCUT2D eigenvalue weighted by atomic mass is 16.5. The largest absolute Gasteiger partial charge is 0.489 e. The Bertz CT molecular complexity index is 652. The van der Waals surface area contributed by atoms with Crippen LogP contribution in [0.1, 0.15) is 42.9 Å². The third-order valence-corrected chi connectivity index (χ3v) is 4.68. The SMILES string of the molecule is Cc1cccc(O[C@@H]2CCCC[C@H]2NCc2nnc(C)n2C)c1. The molecule has 1 saturated carbocycles. The number of benzene rings is 1. The number of hydrogen-bond donors (Lipinski definition) is 1. The van der Waals surface area contributed by atoms with Gasteiger partial charge in [0.1, 0.15) is 23.5 Å². The fourth-order valence-electron chi connectivity index (χ4n) is 3.16. The highest BCUT2D eigenvalue weighted by molar-refractivity contribution is 5.27. The minimum absolute atomic E-state index is 0.222. The van der Waals surface area contributed by atoms with Crippen LogP contribution < -0.4 is 10.1 Å². The Kier molecular flexibility index (Phi) is 4.96. The zero-order chi connectivity index (χ0) is 16.2. The third kappa shape index (κ3) is 3.91. The molecular formula is C18H26N4O. The maximum atomic E-state index is 6.27. The Labute approximate surface area is 138 Å². The molecule has 1 aromatic carbocycles. The maximum absolute atomic E-state index is 6.27. The van der Waals surface area contributed by atoms with E-state index in [1.807, 2.05) is 24.6 Å². The van der Waals surface area contributed by atoms with Gasteiger partial charge in [0.15, 0.2) is 0 Å². The monoisotopic (exact) mass is 314 g/mol. The average Bonchev–Trinajstić information content (AvgIpc) is 2.86. The van der Waals surface area contributed by atoms with Crippen LogP contribution in [0.15, 0.2) is 24.3 Å². The summed E-state index contributed by atoms with van der Waals surface area (Å²) in [4.78, 5) is 0. The van der Waals surface area contributed by atoms with E-state index in [1.165, 1.54) is 18.4 Å². The molecule has 2 atom stereocenters. The van der Waals surface area contributed by atoms with E-state index in [9.17, 15) is 0 Å². The van der Waals surface area contributed by atoms with E-state index in [2.05, 4.69) is 40.6 Å². The standard InChI is InChI=1S/C18H26N4O/c1-13-7-6-8-15(11-13)23-17-10-5-4-9-16(17)19-12-18-21-20-14(2)22(18)3/h6-8,11,16-17,19H,4-5,9-10,12H2,1-3H3/t16-,17-/m1/s1. The summed E-state index contributed by atoms with van der Waals surface area (Å²) in [5.41, 5.74) is 1.23. The first-order valence-electron chi connectivity index (χ1n) is 8.45. The number of aryl methyl sites for hydroxylation is 2. The maximum Gasteiger partial charge on any atom is 0.146 e. The molecule has 23 heavy (non-hydrogen) atoms. The van der Waals surface area contributed by atoms with Gasteiger partial charge in [0, 0.05) is 13.1 Å². The number of rotatable bonds is 5. The van der Waals surface area contributed by atoms with Crippen LogP contribution >= 0.6 is 0 Å². The van der Waals surface area contributed by atoms with Crippen LogP contribution in [0.3, 0.4) is 0 Å². The highest BCUT2D eigenvalue weighted by Gasteiger charge is 2.26. The predicted octanol–water partition coefficient (Wildman–Crippen LogP) is 2.91. The molecule has 0 spiro atoms. The zero-order valence-electron chi connectivity index (χ0n) is 14.2. The van der Waals surface area contributed by atoms with Crippen LogP contribution in [-0.2, 0) is 13.6 Å². The van der Waals surface area contributed by atoms with Crippen LogP contribution in [0.4, 0.5) is 0 Å². The van der Waals surface area contributed by atoms with Crippen LogP contribution in [-0.4, -0.2) is 26.9 Å².